The van der Waals surface area contributed by atoms with Crippen LogP contribution in [0.5, 0.6) is 0 Å². The van der Waals surface area contributed by atoms with Crippen LogP contribution >= 0.6 is 0 Å². The minimum absolute atomic E-state index is 0.675. The highest BCUT2D eigenvalue weighted by atomic mass is 16.3. The fourth-order valence-electron chi connectivity index (χ4n) is 2.73. The molecule has 0 bridgehead atoms. The number of pyridine rings is 1. The van der Waals surface area contributed by atoms with E-state index < -0.39 is 5.60 Å². The highest BCUT2D eigenvalue weighted by Crippen LogP contribution is 2.33. The number of hydrogen-bond donors (Lipinski definition) is 1. The lowest BCUT2D eigenvalue weighted by atomic mass is 9.85. The molecule has 20 heavy (non-hydrogen) atoms. The van der Waals surface area contributed by atoms with Gasteiger partial charge in [-0.1, -0.05) is 6.07 Å². The van der Waals surface area contributed by atoms with E-state index in [1.54, 1.807) is 24.8 Å². The van der Waals surface area contributed by atoms with Gasteiger partial charge in [-0.3, -0.25) is 9.97 Å². The molecule has 3 rings (SSSR count). The summed E-state index contributed by atoms with van der Waals surface area (Å²) >= 11 is 0. The maximum Gasteiger partial charge on any atom is 0.150 e. The minimum atomic E-state index is -0.777. The molecule has 0 unspecified atom stereocenters. The largest absolute Gasteiger partial charge is 0.385 e. The molecule has 5 nitrogen and oxygen atoms in total. The van der Waals surface area contributed by atoms with Gasteiger partial charge in [-0.2, -0.15) is 0 Å². The molecule has 0 spiro atoms. The van der Waals surface area contributed by atoms with Crippen LogP contribution in [0, 0.1) is 6.92 Å². The number of aryl methyl sites for hydroxylation is 1. The van der Waals surface area contributed by atoms with Gasteiger partial charge in [0.05, 0.1) is 11.3 Å². The van der Waals surface area contributed by atoms with E-state index in [0.717, 1.165) is 30.2 Å². The van der Waals surface area contributed by atoms with E-state index in [0.29, 0.717) is 12.8 Å². The summed E-state index contributed by atoms with van der Waals surface area (Å²) in [5, 5.41) is 10.8. The topological polar surface area (TPSA) is 62.1 Å². The van der Waals surface area contributed by atoms with Crippen LogP contribution in [0.4, 0.5) is 5.82 Å². The van der Waals surface area contributed by atoms with E-state index in [4.69, 9.17) is 0 Å². The highest BCUT2D eigenvalue weighted by Gasteiger charge is 2.34. The normalized spacial score (nSPS) is 18.0. The van der Waals surface area contributed by atoms with Crippen molar-refractivity contribution in [2.24, 2.45) is 0 Å². The first-order chi connectivity index (χ1) is 9.69. The smallest absolute Gasteiger partial charge is 0.150 e. The lowest BCUT2D eigenvalue weighted by molar-refractivity contribution is 0.0113. The van der Waals surface area contributed by atoms with Gasteiger partial charge in [0.1, 0.15) is 5.82 Å². The zero-order valence-corrected chi connectivity index (χ0v) is 11.5. The standard InChI is InChI=1S/C15H18N4O/c1-12-14(18-8-7-17-12)19-9-4-15(20,5-10-19)13-3-2-6-16-11-13/h2-3,6-8,11,20H,4-5,9-10H2,1H3. The molecule has 3 heterocycles. The maximum atomic E-state index is 10.8. The van der Waals surface area contributed by atoms with Crippen molar-refractivity contribution >= 4 is 5.82 Å². The van der Waals surface area contributed by atoms with E-state index in [9.17, 15) is 5.11 Å². The number of hydrogen-bond acceptors (Lipinski definition) is 5. The van der Waals surface area contributed by atoms with E-state index in [1.807, 2.05) is 19.1 Å². The van der Waals surface area contributed by atoms with Crippen LogP contribution in [-0.2, 0) is 5.60 Å². The summed E-state index contributed by atoms with van der Waals surface area (Å²) in [7, 11) is 0. The highest BCUT2D eigenvalue weighted by molar-refractivity contribution is 5.43. The molecule has 2 aromatic rings. The second-order valence-electron chi connectivity index (χ2n) is 5.23. The third-order valence-corrected chi connectivity index (χ3v) is 3.94. The summed E-state index contributed by atoms with van der Waals surface area (Å²) in [6, 6.07) is 3.81. The van der Waals surface area contributed by atoms with Crippen LogP contribution < -0.4 is 4.90 Å². The van der Waals surface area contributed by atoms with Crippen LogP contribution in [0.1, 0.15) is 24.1 Å². The molecule has 0 saturated carbocycles. The number of aliphatic hydroxyl groups is 1. The van der Waals surface area contributed by atoms with Gasteiger partial charge < -0.3 is 10.0 Å². The summed E-state index contributed by atoms with van der Waals surface area (Å²) < 4.78 is 0. The third kappa shape index (κ3) is 2.36. The Morgan fingerprint density at radius 2 is 1.90 bits per heavy atom. The first-order valence-corrected chi connectivity index (χ1v) is 6.84. The second kappa shape index (κ2) is 5.17. The van der Waals surface area contributed by atoms with Gasteiger partial charge in [-0.05, 0) is 25.8 Å². The van der Waals surface area contributed by atoms with Crippen molar-refractivity contribution in [3.63, 3.8) is 0 Å². The van der Waals surface area contributed by atoms with Gasteiger partial charge in [-0.15, -0.1) is 0 Å². The Bertz CT molecular complexity index is 579. The summed E-state index contributed by atoms with van der Waals surface area (Å²) in [4.78, 5) is 15.0. The van der Waals surface area contributed by atoms with Gasteiger partial charge >= 0.3 is 0 Å². The average Bonchev–Trinajstić information content (AvgIpc) is 2.50. The maximum absolute atomic E-state index is 10.8. The van der Waals surface area contributed by atoms with Crippen LogP contribution in [-0.4, -0.2) is 33.1 Å². The van der Waals surface area contributed by atoms with Crippen molar-refractivity contribution in [2.75, 3.05) is 18.0 Å². The van der Waals surface area contributed by atoms with E-state index >= 15 is 0 Å². The summed E-state index contributed by atoms with van der Waals surface area (Å²) in [6.07, 6.45) is 8.25. The molecule has 104 valence electrons. The van der Waals surface area contributed by atoms with Gasteiger partial charge in [-0.25, -0.2) is 4.98 Å². The van der Waals surface area contributed by atoms with Crippen molar-refractivity contribution in [3.8, 4) is 0 Å². The zero-order chi connectivity index (χ0) is 14.0. The zero-order valence-electron chi connectivity index (χ0n) is 11.5. The van der Waals surface area contributed by atoms with Crippen molar-refractivity contribution in [1.82, 2.24) is 15.0 Å². The molecule has 5 heteroatoms. The summed E-state index contributed by atoms with van der Waals surface area (Å²) in [5.41, 5.74) is 1.05. The SMILES string of the molecule is Cc1nccnc1N1CCC(O)(c2cccnc2)CC1. The average molecular weight is 270 g/mol. The molecule has 1 aliphatic rings. The second-order valence-corrected chi connectivity index (χ2v) is 5.23. The van der Waals surface area contributed by atoms with Crippen molar-refractivity contribution < 1.29 is 5.11 Å². The predicted octanol–water partition coefficient (Wildman–Crippen LogP) is 1.67. The number of rotatable bonds is 2. The Labute approximate surface area is 118 Å². The Balaban J connectivity index is 1.76. The predicted molar refractivity (Wildman–Crippen MR) is 76.3 cm³/mol. The molecular weight excluding hydrogens is 252 g/mol. The van der Waals surface area contributed by atoms with E-state index in [2.05, 4.69) is 19.9 Å². The molecule has 1 saturated heterocycles. The molecule has 0 aliphatic carbocycles. The number of aromatic nitrogens is 3. The van der Waals surface area contributed by atoms with Crippen molar-refractivity contribution in [1.29, 1.82) is 0 Å². The number of nitrogens with zero attached hydrogens (tertiary/aromatic N) is 4. The Kier molecular flexibility index (Phi) is 3.36. The van der Waals surface area contributed by atoms with Gasteiger partial charge in [0.2, 0.25) is 0 Å². The molecule has 0 radical (unpaired) electrons. The molecule has 2 aromatic heterocycles. The molecule has 1 fully saturated rings. The Hall–Kier alpha value is -2.01. The molecule has 0 aromatic carbocycles. The minimum Gasteiger partial charge on any atom is -0.385 e. The quantitative estimate of drug-likeness (QED) is 0.899. The van der Waals surface area contributed by atoms with Crippen LogP contribution in [0.3, 0.4) is 0 Å². The summed E-state index contributed by atoms with van der Waals surface area (Å²) in [6.45, 7) is 3.50. The van der Waals surface area contributed by atoms with Crippen molar-refractivity contribution in [2.45, 2.75) is 25.4 Å². The van der Waals surface area contributed by atoms with Crippen molar-refractivity contribution in [3.05, 3.63) is 48.2 Å². The monoisotopic (exact) mass is 270 g/mol. The number of anilines is 1. The lowest BCUT2D eigenvalue weighted by Gasteiger charge is -2.39. The Morgan fingerprint density at radius 1 is 1.15 bits per heavy atom. The van der Waals surface area contributed by atoms with Crippen LogP contribution in [0.25, 0.3) is 0 Å². The summed E-state index contributed by atoms with van der Waals surface area (Å²) in [5.74, 6) is 0.917. The van der Waals surface area contributed by atoms with Gasteiger partial charge in [0.25, 0.3) is 0 Å². The van der Waals surface area contributed by atoms with E-state index in [1.165, 1.54) is 0 Å². The Morgan fingerprint density at radius 3 is 2.55 bits per heavy atom. The number of piperidine rings is 1. The fraction of sp³-hybridized carbons (Fsp3) is 0.400. The fourth-order valence-corrected chi connectivity index (χ4v) is 2.73. The van der Waals surface area contributed by atoms with Crippen LogP contribution in [0.15, 0.2) is 36.9 Å². The van der Waals surface area contributed by atoms with Crippen LogP contribution in [0.2, 0.25) is 0 Å². The molecule has 0 amide bonds. The third-order valence-electron chi connectivity index (χ3n) is 3.94. The van der Waals surface area contributed by atoms with E-state index in [-0.39, 0.29) is 0 Å². The van der Waals surface area contributed by atoms with Gasteiger partial charge in [0.15, 0.2) is 0 Å². The first kappa shape index (κ1) is 13.0. The lowest BCUT2D eigenvalue weighted by Crippen LogP contribution is -2.43. The van der Waals surface area contributed by atoms with Gasteiger partial charge in [0, 0.05) is 43.4 Å². The first-order valence-electron chi connectivity index (χ1n) is 6.84. The molecular formula is C15H18N4O. The molecule has 0 atom stereocenters. The molecule has 1 aliphatic heterocycles. The molecule has 1 N–H and O–H groups in total.